The minimum absolute atomic E-state index is 0.318. The van der Waals surface area contributed by atoms with E-state index in [0.29, 0.717) is 5.95 Å². The van der Waals surface area contributed by atoms with E-state index in [1.165, 1.54) is 0 Å². The van der Waals surface area contributed by atoms with Gasteiger partial charge < -0.3 is 15.2 Å². The molecule has 0 bridgehead atoms. The molecule has 0 radical (unpaired) electrons. The standard InChI is InChI=1S/C11H16N6S/c1-7-13-8-9(16(7)2)14-11(12)15-10(8)17-3-5-18-6-4-17/h3-6H2,1-2H3,(H2,12,14,15). The smallest absolute Gasteiger partial charge is 0.224 e. The number of hydrogen-bond donors (Lipinski definition) is 1. The van der Waals surface area contributed by atoms with Crippen molar-refractivity contribution in [3.8, 4) is 0 Å². The SMILES string of the molecule is Cc1nc2c(N3CCSCC3)nc(N)nc2n1C. The van der Waals surface area contributed by atoms with Crippen LogP contribution in [0.2, 0.25) is 0 Å². The maximum Gasteiger partial charge on any atom is 0.224 e. The Labute approximate surface area is 110 Å². The summed E-state index contributed by atoms with van der Waals surface area (Å²) in [7, 11) is 1.95. The van der Waals surface area contributed by atoms with Crippen LogP contribution in [-0.4, -0.2) is 44.1 Å². The van der Waals surface area contributed by atoms with Crippen LogP contribution in [0.3, 0.4) is 0 Å². The Bertz CT molecular complexity index is 587. The molecule has 0 amide bonds. The Morgan fingerprint density at radius 2 is 1.89 bits per heavy atom. The first kappa shape index (κ1) is 11.6. The molecule has 1 aliphatic rings. The molecule has 0 aliphatic carbocycles. The van der Waals surface area contributed by atoms with Gasteiger partial charge in [0.15, 0.2) is 17.0 Å². The van der Waals surface area contributed by atoms with E-state index in [-0.39, 0.29) is 0 Å². The zero-order valence-corrected chi connectivity index (χ0v) is 11.4. The lowest BCUT2D eigenvalue weighted by atomic mass is 10.4. The number of nitrogens with zero attached hydrogens (tertiary/aromatic N) is 5. The van der Waals surface area contributed by atoms with Crippen molar-refractivity contribution in [2.24, 2.45) is 7.05 Å². The maximum absolute atomic E-state index is 5.81. The van der Waals surface area contributed by atoms with E-state index in [9.17, 15) is 0 Å². The molecule has 1 fully saturated rings. The molecule has 7 heteroatoms. The molecule has 1 aliphatic heterocycles. The van der Waals surface area contributed by atoms with E-state index in [0.717, 1.165) is 47.4 Å². The van der Waals surface area contributed by atoms with Crippen LogP contribution < -0.4 is 10.6 Å². The fourth-order valence-corrected chi connectivity index (χ4v) is 3.07. The Balaban J connectivity index is 2.17. The summed E-state index contributed by atoms with van der Waals surface area (Å²) in [5.41, 5.74) is 7.48. The number of aromatic nitrogens is 4. The first-order chi connectivity index (χ1) is 8.66. The number of aryl methyl sites for hydroxylation is 2. The molecule has 18 heavy (non-hydrogen) atoms. The van der Waals surface area contributed by atoms with Crippen molar-refractivity contribution >= 4 is 34.7 Å². The van der Waals surface area contributed by atoms with Gasteiger partial charge in [-0.25, -0.2) is 4.98 Å². The summed E-state index contributed by atoms with van der Waals surface area (Å²) < 4.78 is 1.95. The van der Waals surface area contributed by atoms with E-state index < -0.39 is 0 Å². The molecule has 96 valence electrons. The molecular formula is C11H16N6S. The number of thioether (sulfide) groups is 1. The topological polar surface area (TPSA) is 72.9 Å². The van der Waals surface area contributed by atoms with Crippen LogP contribution in [0.4, 0.5) is 11.8 Å². The molecule has 6 nitrogen and oxygen atoms in total. The van der Waals surface area contributed by atoms with Crippen LogP contribution in [0.1, 0.15) is 5.82 Å². The first-order valence-corrected chi connectivity index (χ1v) is 7.11. The van der Waals surface area contributed by atoms with Gasteiger partial charge in [-0.3, -0.25) is 0 Å². The number of rotatable bonds is 1. The zero-order chi connectivity index (χ0) is 12.7. The summed E-state index contributed by atoms with van der Waals surface area (Å²) in [6.07, 6.45) is 0. The van der Waals surface area contributed by atoms with Crippen LogP contribution in [0.5, 0.6) is 0 Å². The normalized spacial score (nSPS) is 16.4. The second-order valence-electron chi connectivity index (χ2n) is 4.40. The van der Waals surface area contributed by atoms with Gasteiger partial charge in [-0.2, -0.15) is 21.7 Å². The molecular weight excluding hydrogens is 248 g/mol. The number of fused-ring (bicyclic) bond motifs is 1. The third-order valence-electron chi connectivity index (χ3n) is 3.25. The number of imidazole rings is 1. The van der Waals surface area contributed by atoms with Gasteiger partial charge in [0.1, 0.15) is 5.82 Å². The van der Waals surface area contributed by atoms with Gasteiger partial charge in [0.25, 0.3) is 0 Å². The monoisotopic (exact) mass is 264 g/mol. The van der Waals surface area contributed by atoms with Crippen LogP contribution >= 0.6 is 11.8 Å². The fourth-order valence-electron chi connectivity index (χ4n) is 2.17. The molecule has 0 spiro atoms. The predicted molar refractivity (Wildman–Crippen MR) is 75.0 cm³/mol. The van der Waals surface area contributed by atoms with Crippen molar-refractivity contribution in [1.29, 1.82) is 0 Å². The predicted octanol–water partition coefficient (Wildman–Crippen LogP) is 0.807. The second kappa shape index (κ2) is 4.31. The minimum atomic E-state index is 0.318. The summed E-state index contributed by atoms with van der Waals surface area (Å²) in [5, 5.41) is 0. The Hall–Kier alpha value is -1.50. The molecule has 1 saturated heterocycles. The lowest BCUT2D eigenvalue weighted by molar-refractivity contribution is 0.841. The summed E-state index contributed by atoms with van der Waals surface area (Å²) in [4.78, 5) is 15.5. The van der Waals surface area contributed by atoms with Gasteiger partial charge in [0.05, 0.1) is 0 Å². The third kappa shape index (κ3) is 1.78. The molecule has 0 unspecified atom stereocenters. The quantitative estimate of drug-likeness (QED) is 0.821. The number of anilines is 2. The highest BCUT2D eigenvalue weighted by atomic mass is 32.2. The Kier molecular flexibility index (Phi) is 2.77. The second-order valence-corrected chi connectivity index (χ2v) is 5.62. The molecule has 0 saturated carbocycles. The minimum Gasteiger partial charge on any atom is -0.368 e. The highest BCUT2D eigenvalue weighted by Crippen LogP contribution is 2.26. The van der Waals surface area contributed by atoms with E-state index in [1.54, 1.807) is 0 Å². The number of nitrogen functional groups attached to an aromatic ring is 1. The third-order valence-corrected chi connectivity index (χ3v) is 4.19. The number of hydrogen-bond acceptors (Lipinski definition) is 6. The van der Waals surface area contributed by atoms with Crippen molar-refractivity contribution in [3.05, 3.63) is 5.82 Å². The van der Waals surface area contributed by atoms with Gasteiger partial charge in [-0.1, -0.05) is 0 Å². The molecule has 2 N–H and O–H groups in total. The molecule has 2 aromatic heterocycles. The van der Waals surface area contributed by atoms with Gasteiger partial charge >= 0.3 is 0 Å². The largest absolute Gasteiger partial charge is 0.368 e. The first-order valence-electron chi connectivity index (χ1n) is 5.96. The van der Waals surface area contributed by atoms with Crippen molar-refractivity contribution in [2.75, 3.05) is 35.2 Å². The highest BCUT2D eigenvalue weighted by molar-refractivity contribution is 7.99. The average molecular weight is 264 g/mol. The summed E-state index contributed by atoms with van der Waals surface area (Å²) >= 11 is 1.97. The van der Waals surface area contributed by atoms with Gasteiger partial charge in [-0.15, -0.1) is 0 Å². The van der Waals surface area contributed by atoms with E-state index >= 15 is 0 Å². The van der Waals surface area contributed by atoms with E-state index in [4.69, 9.17) is 5.73 Å². The maximum atomic E-state index is 5.81. The van der Waals surface area contributed by atoms with Crippen LogP contribution in [0.25, 0.3) is 11.2 Å². The van der Waals surface area contributed by atoms with Crippen molar-refractivity contribution in [1.82, 2.24) is 19.5 Å². The zero-order valence-electron chi connectivity index (χ0n) is 10.6. The van der Waals surface area contributed by atoms with Crippen LogP contribution in [0, 0.1) is 6.92 Å². The molecule has 3 heterocycles. The molecule has 0 aromatic carbocycles. The van der Waals surface area contributed by atoms with Crippen molar-refractivity contribution in [2.45, 2.75) is 6.92 Å². The van der Waals surface area contributed by atoms with Crippen molar-refractivity contribution < 1.29 is 0 Å². The molecule has 0 atom stereocenters. The Morgan fingerprint density at radius 1 is 1.17 bits per heavy atom. The van der Waals surface area contributed by atoms with Crippen LogP contribution in [-0.2, 0) is 7.05 Å². The Morgan fingerprint density at radius 3 is 2.61 bits per heavy atom. The average Bonchev–Trinajstić information content (AvgIpc) is 2.66. The van der Waals surface area contributed by atoms with E-state index in [2.05, 4.69) is 19.9 Å². The molecule has 3 rings (SSSR count). The lowest BCUT2D eigenvalue weighted by Gasteiger charge is -2.27. The van der Waals surface area contributed by atoms with Gasteiger partial charge in [0.2, 0.25) is 5.95 Å². The fraction of sp³-hybridized carbons (Fsp3) is 0.545. The lowest BCUT2D eigenvalue weighted by Crippen LogP contribution is -2.33. The van der Waals surface area contributed by atoms with Gasteiger partial charge in [-0.05, 0) is 6.92 Å². The summed E-state index contributed by atoms with van der Waals surface area (Å²) in [6, 6.07) is 0. The number of nitrogens with two attached hydrogens (primary N) is 1. The highest BCUT2D eigenvalue weighted by Gasteiger charge is 2.20. The molecule has 2 aromatic rings. The van der Waals surface area contributed by atoms with Crippen LogP contribution in [0.15, 0.2) is 0 Å². The van der Waals surface area contributed by atoms with Gasteiger partial charge in [0, 0.05) is 31.6 Å². The van der Waals surface area contributed by atoms with Crippen molar-refractivity contribution in [3.63, 3.8) is 0 Å². The van der Waals surface area contributed by atoms with E-state index in [1.807, 2.05) is 30.3 Å². The summed E-state index contributed by atoms with van der Waals surface area (Å²) in [5.74, 6) is 4.37. The summed E-state index contributed by atoms with van der Waals surface area (Å²) in [6.45, 7) is 3.95.